The van der Waals surface area contributed by atoms with Gasteiger partial charge < -0.3 is 19.6 Å². The number of rotatable bonds is 5. The predicted octanol–water partition coefficient (Wildman–Crippen LogP) is 1.61. The molecule has 0 spiro atoms. The van der Waals surface area contributed by atoms with Crippen molar-refractivity contribution in [3.05, 3.63) is 18.0 Å². The molecule has 1 aliphatic heterocycles. The number of carbonyl (C=O) groups is 2. The van der Waals surface area contributed by atoms with Gasteiger partial charge in [0.25, 0.3) is 0 Å². The monoisotopic (exact) mass is 320 g/mol. The van der Waals surface area contributed by atoms with E-state index in [1.54, 1.807) is 18.0 Å². The zero-order chi connectivity index (χ0) is 16.2. The van der Waals surface area contributed by atoms with Crippen molar-refractivity contribution in [2.24, 2.45) is 5.92 Å². The number of urea groups is 1. The second-order valence-corrected chi connectivity index (χ2v) is 6.58. The minimum Gasteiger partial charge on any atom is -0.364 e. The molecule has 0 radical (unpaired) electrons. The van der Waals surface area contributed by atoms with Crippen molar-refractivity contribution in [3.8, 4) is 0 Å². The Morgan fingerprint density at radius 3 is 2.96 bits per heavy atom. The smallest absolute Gasteiger partial charge is 0.317 e. The van der Waals surface area contributed by atoms with Crippen LogP contribution in [-0.2, 0) is 11.3 Å². The fourth-order valence-corrected chi connectivity index (χ4v) is 3.60. The van der Waals surface area contributed by atoms with Crippen molar-refractivity contribution in [1.82, 2.24) is 20.3 Å². The first-order valence-corrected chi connectivity index (χ1v) is 8.31. The lowest BCUT2D eigenvalue weighted by atomic mass is 10.1. The number of hydrogen-bond acceptors (Lipinski definition) is 4. The van der Waals surface area contributed by atoms with Crippen molar-refractivity contribution in [2.75, 3.05) is 20.1 Å². The molecule has 3 amide bonds. The number of likely N-dealkylation sites (tertiary alicyclic amines) is 1. The van der Waals surface area contributed by atoms with Crippen molar-refractivity contribution >= 4 is 11.9 Å². The van der Waals surface area contributed by atoms with E-state index in [1.165, 1.54) is 19.1 Å². The highest BCUT2D eigenvalue weighted by Gasteiger charge is 2.36. The third-order valence-electron chi connectivity index (χ3n) is 4.79. The Kier molecular flexibility index (Phi) is 4.83. The number of nitrogens with zero attached hydrogens (tertiary/aromatic N) is 3. The molecular weight excluding hydrogens is 296 g/mol. The first-order valence-electron chi connectivity index (χ1n) is 8.31. The zero-order valence-electron chi connectivity index (χ0n) is 13.5. The molecule has 1 saturated heterocycles. The highest BCUT2D eigenvalue weighted by Crippen LogP contribution is 2.29. The lowest BCUT2D eigenvalue weighted by molar-refractivity contribution is -0.129. The van der Waals surface area contributed by atoms with Gasteiger partial charge in [0.1, 0.15) is 12.0 Å². The van der Waals surface area contributed by atoms with Gasteiger partial charge in [-0.2, -0.15) is 0 Å². The van der Waals surface area contributed by atoms with Gasteiger partial charge in [-0.05, 0) is 12.8 Å². The van der Waals surface area contributed by atoms with Crippen LogP contribution in [0.5, 0.6) is 0 Å². The zero-order valence-corrected chi connectivity index (χ0v) is 13.5. The Labute approximate surface area is 136 Å². The lowest BCUT2D eigenvalue weighted by Crippen LogP contribution is -2.40. The molecule has 3 rings (SSSR count). The lowest BCUT2D eigenvalue weighted by Gasteiger charge is -2.25. The SMILES string of the molecule is CN(CC1CC(=O)N(C2CCCC2)C1)C(=O)NCc1ccon1. The molecule has 2 heterocycles. The van der Waals surface area contributed by atoms with Crippen LogP contribution in [0.25, 0.3) is 0 Å². The summed E-state index contributed by atoms with van der Waals surface area (Å²) in [6, 6.07) is 1.99. The summed E-state index contributed by atoms with van der Waals surface area (Å²) in [5.74, 6) is 0.476. The van der Waals surface area contributed by atoms with Gasteiger partial charge in [0.2, 0.25) is 5.91 Å². The fraction of sp³-hybridized carbons (Fsp3) is 0.688. The highest BCUT2D eigenvalue weighted by molar-refractivity contribution is 5.79. The van der Waals surface area contributed by atoms with E-state index in [1.807, 2.05) is 4.90 Å². The minimum atomic E-state index is -0.153. The van der Waals surface area contributed by atoms with Crippen LogP contribution in [0.2, 0.25) is 0 Å². The molecule has 7 nitrogen and oxygen atoms in total. The number of carbonyl (C=O) groups excluding carboxylic acids is 2. The summed E-state index contributed by atoms with van der Waals surface area (Å²) in [4.78, 5) is 28.0. The quantitative estimate of drug-likeness (QED) is 0.894. The van der Waals surface area contributed by atoms with Gasteiger partial charge in [-0.25, -0.2) is 4.79 Å². The first kappa shape index (κ1) is 15.8. The maximum atomic E-state index is 12.2. The van der Waals surface area contributed by atoms with Crippen LogP contribution in [0.3, 0.4) is 0 Å². The summed E-state index contributed by atoms with van der Waals surface area (Å²) in [5, 5.41) is 6.56. The summed E-state index contributed by atoms with van der Waals surface area (Å²) >= 11 is 0. The molecule has 0 bridgehead atoms. The van der Waals surface area contributed by atoms with E-state index < -0.39 is 0 Å². The number of aromatic nitrogens is 1. The van der Waals surface area contributed by atoms with Crippen LogP contribution in [0.1, 0.15) is 37.8 Å². The summed E-state index contributed by atoms with van der Waals surface area (Å²) in [6.07, 6.45) is 6.75. The molecule has 1 aromatic heterocycles. The second-order valence-electron chi connectivity index (χ2n) is 6.58. The molecule has 0 aromatic carbocycles. The molecule has 1 atom stereocenters. The van der Waals surface area contributed by atoms with E-state index in [0.29, 0.717) is 31.2 Å². The van der Waals surface area contributed by atoms with Crippen molar-refractivity contribution in [3.63, 3.8) is 0 Å². The molecule has 1 unspecified atom stereocenters. The maximum absolute atomic E-state index is 12.2. The average Bonchev–Trinajstić information content (AvgIpc) is 3.26. The van der Waals surface area contributed by atoms with Crippen molar-refractivity contribution in [2.45, 2.75) is 44.7 Å². The Morgan fingerprint density at radius 2 is 2.26 bits per heavy atom. The average molecular weight is 320 g/mol. The largest absolute Gasteiger partial charge is 0.364 e. The van der Waals surface area contributed by atoms with E-state index in [-0.39, 0.29) is 17.9 Å². The summed E-state index contributed by atoms with van der Waals surface area (Å²) in [5.41, 5.74) is 0.690. The van der Waals surface area contributed by atoms with Crippen LogP contribution < -0.4 is 5.32 Å². The number of amides is 3. The van der Waals surface area contributed by atoms with Crippen LogP contribution >= 0.6 is 0 Å². The Bertz CT molecular complexity index is 540. The van der Waals surface area contributed by atoms with Gasteiger partial charge in [-0.1, -0.05) is 18.0 Å². The van der Waals surface area contributed by atoms with E-state index in [4.69, 9.17) is 4.52 Å². The molecule has 1 saturated carbocycles. The van der Waals surface area contributed by atoms with Crippen molar-refractivity contribution in [1.29, 1.82) is 0 Å². The third-order valence-corrected chi connectivity index (χ3v) is 4.79. The normalized spacial score (nSPS) is 21.9. The Morgan fingerprint density at radius 1 is 1.48 bits per heavy atom. The van der Waals surface area contributed by atoms with Gasteiger partial charge in [0.15, 0.2) is 0 Å². The van der Waals surface area contributed by atoms with Crippen LogP contribution in [0.4, 0.5) is 4.79 Å². The number of hydrogen-bond donors (Lipinski definition) is 1. The molecule has 1 N–H and O–H groups in total. The summed E-state index contributed by atoms with van der Waals surface area (Å²) in [6.45, 7) is 1.72. The Balaban J connectivity index is 1.45. The van der Waals surface area contributed by atoms with Crippen LogP contribution in [0, 0.1) is 5.92 Å². The fourth-order valence-electron chi connectivity index (χ4n) is 3.60. The van der Waals surface area contributed by atoms with Gasteiger partial charge >= 0.3 is 6.03 Å². The molecule has 1 aliphatic carbocycles. The van der Waals surface area contributed by atoms with Gasteiger partial charge in [-0.15, -0.1) is 0 Å². The second kappa shape index (κ2) is 7.02. The topological polar surface area (TPSA) is 78.7 Å². The van der Waals surface area contributed by atoms with E-state index in [9.17, 15) is 9.59 Å². The molecule has 126 valence electrons. The predicted molar refractivity (Wildman–Crippen MR) is 83.4 cm³/mol. The van der Waals surface area contributed by atoms with Gasteiger partial charge in [-0.3, -0.25) is 4.79 Å². The number of nitrogens with one attached hydrogen (secondary N) is 1. The first-order chi connectivity index (χ1) is 11.1. The van der Waals surface area contributed by atoms with E-state index in [2.05, 4.69) is 10.5 Å². The maximum Gasteiger partial charge on any atom is 0.317 e. The van der Waals surface area contributed by atoms with Gasteiger partial charge in [0, 0.05) is 44.6 Å². The van der Waals surface area contributed by atoms with Crippen LogP contribution in [-0.4, -0.2) is 53.1 Å². The molecular formula is C16H24N4O3. The Hall–Kier alpha value is -2.05. The van der Waals surface area contributed by atoms with Crippen molar-refractivity contribution < 1.29 is 14.1 Å². The van der Waals surface area contributed by atoms with Gasteiger partial charge in [0.05, 0.1) is 6.54 Å². The third kappa shape index (κ3) is 3.83. The minimum absolute atomic E-state index is 0.153. The highest BCUT2D eigenvalue weighted by atomic mass is 16.5. The van der Waals surface area contributed by atoms with E-state index >= 15 is 0 Å². The van der Waals surface area contributed by atoms with E-state index in [0.717, 1.165) is 19.4 Å². The molecule has 2 fully saturated rings. The molecule has 1 aromatic rings. The standard InChI is InChI=1S/C16H24N4O3/c1-19(16(22)17-9-13-6-7-23-18-13)10-12-8-15(21)20(11-12)14-4-2-3-5-14/h6-7,12,14H,2-5,8-11H2,1H3,(H,17,22). The summed E-state index contributed by atoms with van der Waals surface area (Å²) in [7, 11) is 1.76. The molecule has 23 heavy (non-hydrogen) atoms. The van der Waals surface area contributed by atoms with Crippen LogP contribution in [0.15, 0.2) is 16.9 Å². The molecule has 7 heteroatoms. The molecule has 2 aliphatic rings. The summed E-state index contributed by atoms with van der Waals surface area (Å²) < 4.78 is 4.73.